The van der Waals surface area contributed by atoms with Crippen LogP contribution in [-0.2, 0) is 4.79 Å². The molecule has 1 unspecified atom stereocenters. The number of benzene rings is 1. The van der Waals surface area contributed by atoms with E-state index in [-0.39, 0.29) is 30.6 Å². The molecule has 5 heteroatoms. The number of carbonyl (C=O) groups excluding carboxylic acids is 2. The fraction of sp³-hybridized carbons (Fsp3) is 0.294. The molecular formula is C17H18BrNO3. The van der Waals surface area contributed by atoms with Crippen molar-refractivity contribution in [2.45, 2.75) is 32.7 Å². The molecule has 0 saturated carbocycles. The molecule has 4 nitrogen and oxygen atoms in total. The van der Waals surface area contributed by atoms with Crippen molar-refractivity contribution in [3.05, 3.63) is 58.0 Å². The molecule has 1 aromatic carbocycles. The monoisotopic (exact) mass is 363 g/mol. The zero-order valence-electron chi connectivity index (χ0n) is 12.6. The largest absolute Gasteiger partial charge is 0.464 e. The zero-order chi connectivity index (χ0) is 16.1. The smallest absolute Gasteiger partial charge is 0.221 e. The van der Waals surface area contributed by atoms with Crippen LogP contribution in [0.2, 0.25) is 0 Å². The van der Waals surface area contributed by atoms with E-state index in [2.05, 4.69) is 21.2 Å². The molecule has 0 spiro atoms. The summed E-state index contributed by atoms with van der Waals surface area (Å²) in [6.07, 6.45) is 0.357. The maximum absolute atomic E-state index is 12.0. The van der Waals surface area contributed by atoms with Gasteiger partial charge in [-0.3, -0.25) is 9.59 Å². The van der Waals surface area contributed by atoms with E-state index in [4.69, 9.17) is 4.42 Å². The Bertz CT molecular complexity index is 661. The first-order chi connectivity index (χ1) is 10.5. The Kier molecular flexibility index (Phi) is 5.55. The summed E-state index contributed by atoms with van der Waals surface area (Å²) in [5.41, 5.74) is 0.616. The third kappa shape index (κ3) is 4.56. The number of carbonyl (C=O) groups is 2. The quantitative estimate of drug-likeness (QED) is 0.782. The Morgan fingerprint density at radius 1 is 1.14 bits per heavy atom. The van der Waals surface area contributed by atoms with Gasteiger partial charge in [0.1, 0.15) is 11.5 Å². The maximum atomic E-state index is 12.0. The summed E-state index contributed by atoms with van der Waals surface area (Å²) >= 11 is 3.32. The Hall–Kier alpha value is -1.88. The number of ketones is 1. The lowest BCUT2D eigenvalue weighted by Crippen LogP contribution is -2.26. The van der Waals surface area contributed by atoms with E-state index < -0.39 is 0 Å². The van der Waals surface area contributed by atoms with Crippen molar-refractivity contribution < 1.29 is 14.0 Å². The number of furan rings is 1. The van der Waals surface area contributed by atoms with Gasteiger partial charge in [0.2, 0.25) is 5.91 Å². The van der Waals surface area contributed by atoms with Crippen molar-refractivity contribution in [2.75, 3.05) is 0 Å². The molecule has 0 fully saturated rings. The van der Waals surface area contributed by atoms with Crippen LogP contribution in [0.4, 0.5) is 0 Å². The van der Waals surface area contributed by atoms with Crippen molar-refractivity contribution in [2.24, 2.45) is 0 Å². The summed E-state index contributed by atoms with van der Waals surface area (Å²) in [5, 5.41) is 2.83. The lowest BCUT2D eigenvalue weighted by molar-refractivity contribution is -0.121. The number of hydrogen-bond donors (Lipinski definition) is 1. The second-order valence-corrected chi connectivity index (χ2v) is 6.08. The number of halogens is 1. The van der Waals surface area contributed by atoms with E-state index in [1.165, 1.54) is 0 Å². The SMILES string of the molecule is Cc1ccc(C(C)NC(=O)CCC(=O)c2ccc(Br)cc2)o1. The standard InChI is InChI=1S/C17H18BrNO3/c1-11-3-9-16(22-11)12(2)19-17(21)10-8-15(20)13-4-6-14(18)7-5-13/h3-7,9,12H,8,10H2,1-2H3,(H,19,21). The van der Waals surface area contributed by atoms with E-state index in [9.17, 15) is 9.59 Å². The molecule has 0 bridgehead atoms. The number of rotatable bonds is 6. The molecule has 2 rings (SSSR count). The molecule has 0 radical (unpaired) electrons. The molecule has 22 heavy (non-hydrogen) atoms. The Morgan fingerprint density at radius 2 is 1.82 bits per heavy atom. The lowest BCUT2D eigenvalue weighted by Gasteiger charge is -2.11. The first-order valence-corrected chi connectivity index (χ1v) is 7.89. The van der Waals surface area contributed by atoms with Crippen LogP contribution in [-0.4, -0.2) is 11.7 Å². The van der Waals surface area contributed by atoms with Gasteiger partial charge in [0.15, 0.2) is 5.78 Å². The van der Waals surface area contributed by atoms with Crippen LogP contribution in [0.3, 0.4) is 0 Å². The highest BCUT2D eigenvalue weighted by Crippen LogP contribution is 2.16. The minimum Gasteiger partial charge on any atom is -0.464 e. The number of nitrogens with one attached hydrogen (secondary N) is 1. The van der Waals surface area contributed by atoms with Crippen LogP contribution in [0.15, 0.2) is 45.3 Å². The second-order valence-electron chi connectivity index (χ2n) is 5.17. The Labute approximate surface area is 138 Å². The second kappa shape index (κ2) is 7.40. The number of amides is 1. The van der Waals surface area contributed by atoms with E-state index in [0.29, 0.717) is 11.3 Å². The minimum atomic E-state index is -0.205. The topological polar surface area (TPSA) is 59.3 Å². The van der Waals surface area contributed by atoms with Gasteiger partial charge in [-0.1, -0.05) is 28.1 Å². The molecule has 0 aliphatic carbocycles. The molecular weight excluding hydrogens is 346 g/mol. The molecule has 0 aliphatic rings. The minimum absolute atomic E-state index is 0.0378. The van der Waals surface area contributed by atoms with Crippen LogP contribution in [0.5, 0.6) is 0 Å². The van der Waals surface area contributed by atoms with Gasteiger partial charge in [-0.15, -0.1) is 0 Å². The van der Waals surface area contributed by atoms with E-state index >= 15 is 0 Å². The summed E-state index contributed by atoms with van der Waals surface area (Å²) in [4.78, 5) is 23.9. The summed E-state index contributed by atoms with van der Waals surface area (Å²) < 4.78 is 6.39. The number of hydrogen-bond acceptors (Lipinski definition) is 3. The van der Waals surface area contributed by atoms with Gasteiger partial charge in [-0.05, 0) is 38.1 Å². The summed E-state index contributed by atoms with van der Waals surface area (Å²) in [6, 6.07) is 10.6. The molecule has 116 valence electrons. The third-order valence-corrected chi connectivity index (χ3v) is 3.84. The first kappa shape index (κ1) is 16.5. The molecule has 1 atom stereocenters. The molecule has 0 aliphatic heterocycles. The van der Waals surface area contributed by atoms with Crippen LogP contribution in [0.1, 0.15) is 47.7 Å². The van der Waals surface area contributed by atoms with Crippen LogP contribution >= 0.6 is 15.9 Å². The van der Waals surface area contributed by atoms with Crippen molar-refractivity contribution in [3.63, 3.8) is 0 Å². The first-order valence-electron chi connectivity index (χ1n) is 7.10. The van der Waals surface area contributed by atoms with Crippen LogP contribution < -0.4 is 5.32 Å². The average Bonchev–Trinajstić information content (AvgIpc) is 2.92. The summed E-state index contributed by atoms with van der Waals surface area (Å²) in [5.74, 6) is 1.32. The average molecular weight is 364 g/mol. The molecule has 2 aromatic rings. The molecule has 1 amide bonds. The lowest BCUT2D eigenvalue weighted by atomic mass is 10.1. The highest BCUT2D eigenvalue weighted by Gasteiger charge is 2.14. The van der Waals surface area contributed by atoms with Crippen molar-refractivity contribution in [1.29, 1.82) is 0 Å². The van der Waals surface area contributed by atoms with Gasteiger partial charge in [-0.25, -0.2) is 0 Å². The van der Waals surface area contributed by atoms with E-state index in [0.717, 1.165) is 10.2 Å². The highest BCUT2D eigenvalue weighted by molar-refractivity contribution is 9.10. The fourth-order valence-electron chi connectivity index (χ4n) is 2.08. The predicted octanol–water partition coefficient (Wildman–Crippen LogP) is 4.19. The maximum Gasteiger partial charge on any atom is 0.221 e. The van der Waals surface area contributed by atoms with Gasteiger partial charge in [-0.2, -0.15) is 0 Å². The van der Waals surface area contributed by atoms with Gasteiger partial charge in [0.25, 0.3) is 0 Å². The highest BCUT2D eigenvalue weighted by atomic mass is 79.9. The molecule has 0 saturated heterocycles. The van der Waals surface area contributed by atoms with Gasteiger partial charge < -0.3 is 9.73 Å². The number of Topliss-reactive ketones (excluding diaryl/α,β-unsaturated/α-hetero) is 1. The Morgan fingerprint density at radius 3 is 2.41 bits per heavy atom. The molecule has 1 heterocycles. The number of aryl methyl sites for hydroxylation is 1. The zero-order valence-corrected chi connectivity index (χ0v) is 14.1. The van der Waals surface area contributed by atoms with Gasteiger partial charge in [0, 0.05) is 22.9 Å². The van der Waals surface area contributed by atoms with Crippen LogP contribution in [0, 0.1) is 6.92 Å². The van der Waals surface area contributed by atoms with E-state index in [1.807, 2.05) is 38.1 Å². The van der Waals surface area contributed by atoms with Gasteiger partial charge in [0.05, 0.1) is 6.04 Å². The predicted molar refractivity (Wildman–Crippen MR) is 87.7 cm³/mol. The Balaban J connectivity index is 1.82. The van der Waals surface area contributed by atoms with Crippen LogP contribution in [0.25, 0.3) is 0 Å². The molecule has 1 aromatic heterocycles. The normalized spacial score (nSPS) is 12.0. The van der Waals surface area contributed by atoms with Crippen molar-refractivity contribution >= 4 is 27.6 Å². The molecule has 1 N–H and O–H groups in total. The van der Waals surface area contributed by atoms with Crippen molar-refractivity contribution in [1.82, 2.24) is 5.32 Å². The summed E-state index contributed by atoms with van der Waals surface area (Å²) in [6.45, 7) is 3.71. The third-order valence-electron chi connectivity index (χ3n) is 3.31. The van der Waals surface area contributed by atoms with Gasteiger partial charge >= 0.3 is 0 Å². The summed E-state index contributed by atoms with van der Waals surface area (Å²) in [7, 11) is 0. The van der Waals surface area contributed by atoms with Crippen molar-refractivity contribution in [3.8, 4) is 0 Å². The fourth-order valence-corrected chi connectivity index (χ4v) is 2.34. The van der Waals surface area contributed by atoms with E-state index in [1.54, 1.807) is 12.1 Å².